The molecule has 0 aliphatic rings. The summed E-state index contributed by atoms with van der Waals surface area (Å²) >= 11 is 11.3. The third-order valence-corrected chi connectivity index (χ3v) is 2.41. The summed E-state index contributed by atoms with van der Waals surface area (Å²) in [5.41, 5.74) is 1.48. The van der Waals surface area contributed by atoms with Gasteiger partial charge in [-0.25, -0.2) is 0 Å². The molecule has 1 aromatic rings. The maximum Gasteiger partial charge on any atom is 0.253 e. The van der Waals surface area contributed by atoms with Gasteiger partial charge in [-0.1, -0.05) is 0 Å². The van der Waals surface area contributed by atoms with E-state index in [1.807, 2.05) is 0 Å². The van der Waals surface area contributed by atoms with Crippen molar-refractivity contribution in [3.8, 4) is 0 Å². The predicted molar refractivity (Wildman–Crippen MR) is 61.7 cm³/mol. The molecule has 1 aromatic heterocycles. The molecule has 0 bridgehead atoms. The largest absolute Gasteiger partial charge is 0.345 e. The molecule has 0 spiro atoms. The van der Waals surface area contributed by atoms with Crippen molar-refractivity contribution in [2.24, 2.45) is 0 Å². The normalized spacial score (nSPS) is 9.88. The van der Waals surface area contributed by atoms with Crippen LogP contribution in [-0.4, -0.2) is 23.7 Å². The van der Waals surface area contributed by atoms with Crippen molar-refractivity contribution in [1.82, 2.24) is 10.3 Å². The van der Waals surface area contributed by atoms with Crippen LogP contribution in [0.4, 0.5) is 0 Å². The number of carbonyl (C=O) groups is 2. The van der Waals surface area contributed by atoms with Crippen molar-refractivity contribution in [1.29, 1.82) is 0 Å². The first-order chi connectivity index (χ1) is 7.72. The Balaban J connectivity index is 2.94. The lowest BCUT2D eigenvalue weighted by molar-refractivity contribution is -0.107. The number of carbonyl (C=O) groups excluding carboxylic acids is 2. The molecule has 6 heteroatoms. The summed E-state index contributed by atoms with van der Waals surface area (Å²) in [5.74, 6) is 0.0192. The molecule has 0 unspecified atom stereocenters. The Hall–Kier alpha value is -1.13. The third-order valence-electron chi connectivity index (χ3n) is 1.89. The zero-order chi connectivity index (χ0) is 12.0. The summed E-state index contributed by atoms with van der Waals surface area (Å²) in [4.78, 5) is 25.8. The molecule has 0 aromatic carbocycles. The Labute approximate surface area is 103 Å². The molecule has 0 fully saturated rings. The predicted octanol–water partition coefficient (Wildman–Crippen LogP) is 1.49. The SMILES string of the molecule is O=CCNC(=O)c1ccc(CCl)nc1CCl. The number of nitrogens with one attached hydrogen (secondary N) is 1. The van der Waals surface area contributed by atoms with E-state index in [2.05, 4.69) is 10.3 Å². The molecule has 0 radical (unpaired) electrons. The quantitative estimate of drug-likeness (QED) is 0.645. The van der Waals surface area contributed by atoms with Gasteiger partial charge in [-0.15, -0.1) is 23.2 Å². The van der Waals surface area contributed by atoms with Crippen LogP contribution in [0.3, 0.4) is 0 Å². The topological polar surface area (TPSA) is 59.1 Å². The smallest absolute Gasteiger partial charge is 0.253 e. The van der Waals surface area contributed by atoms with Crippen LogP contribution in [0.1, 0.15) is 21.7 Å². The number of rotatable bonds is 5. The van der Waals surface area contributed by atoms with Gasteiger partial charge in [0.2, 0.25) is 0 Å². The van der Waals surface area contributed by atoms with Gasteiger partial charge in [0.1, 0.15) is 6.29 Å². The summed E-state index contributed by atoms with van der Waals surface area (Å²) in [7, 11) is 0. The summed E-state index contributed by atoms with van der Waals surface area (Å²) in [5, 5.41) is 2.42. The van der Waals surface area contributed by atoms with Crippen molar-refractivity contribution < 1.29 is 9.59 Å². The number of hydrogen-bond donors (Lipinski definition) is 1. The highest BCUT2D eigenvalue weighted by molar-refractivity contribution is 6.18. The average molecular weight is 261 g/mol. The Morgan fingerprint density at radius 2 is 2.12 bits per heavy atom. The van der Waals surface area contributed by atoms with E-state index in [1.165, 1.54) is 0 Å². The van der Waals surface area contributed by atoms with Crippen molar-refractivity contribution in [2.45, 2.75) is 11.8 Å². The zero-order valence-corrected chi connectivity index (χ0v) is 9.88. The number of amides is 1. The van der Waals surface area contributed by atoms with Crippen LogP contribution in [0.2, 0.25) is 0 Å². The Morgan fingerprint density at radius 1 is 1.38 bits per heavy atom. The molecule has 16 heavy (non-hydrogen) atoms. The Morgan fingerprint density at radius 3 is 2.69 bits per heavy atom. The fourth-order valence-corrected chi connectivity index (χ4v) is 1.51. The lowest BCUT2D eigenvalue weighted by atomic mass is 10.1. The second-order valence-corrected chi connectivity index (χ2v) is 3.48. The minimum absolute atomic E-state index is 0.0299. The van der Waals surface area contributed by atoms with Crippen LogP contribution in [0.5, 0.6) is 0 Å². The second-order valence-electron chi connectivity index (χ2n) is 2.94. The van der Waals surface area contributed by atoms with E-state index in [-0.39, 0.29) is 24.2 Å². The molecule has 1 amide bonds. The fraction of sp³-hybridized carbons (Fsp3) is 0.300. The van der Waals surface area contributed by atoms with Crippen molar-refractivity contribution in [3.63, 3.8) is 0 Å². The molecule has 0 saturated carbocycles. The van der Waals surface area contributed by atoms with Gasteiger partial charge < -0.3 is 10.1 Å². The average Bonchev–Trinajstić information content (AvgIpc) is 2.34. The Bertz CT molecular complexity index is 396. The van der Waals surface area contributed by atoms with E-state index in [0.717, 1.165) is 0 Å². The van der Waals surface area contributed by atoms with E-state index < -0.39 is 0 Å². The van der Waals surface area contributed by atoms with Crippen molar-refractivity contribution in [3.05, 3.63) is 29.1 Å². The first kappa shape index (κ1) is 12.9. The van der Waals surface area contributed by atoms with Crippen LogP contribution < -0.4 is 5.32 Å². The summed E-state index contributed by atoms with van der Waals surface area (Å²) in [6.45, 7) is -0.0299. The van der Waals surface area contributed by atoms with E-state index in [1.54, 1.807) is 12.1 Å². The molecular formula is C10H10Cl2N2O2. The van der Waals surface area contributed by atoms with Crippen LogP contribution in [-0.2, 0) is 16.6 Å². The standard InChI is InChI=1S/C10H10Cl2N2O2/c11-5-7-1-2-8(9(6-12)14-7)10(16)13-3-4-15/h1-2,4H,3,5-6H2,(H,13,16). The summed E-state index contributed by atoms with van der Waals surface area (Å²) in [6, 6.07) is 3.25. The van der Waals surface area contributed by atoms with Crippen LogP contribution >= 0.6 is 23.2 Å². The molecule has 1 heterocycles. The van der Waals surface area contributed by atoms with Gasteiger partial charge >= 0.3 is 0 Å². The van der Waals surface area contributed by atoms with Crippen LogP contribution in [0.15, 0.2) is 12.1 Å². The van der Waals surface area contributed by atoms with E-state index in [0.29, 0.717) is 23.2 Å². The third kappa shape index (κ3) is 3.18. The van der Waals surface area contributed by atoms with Crippen molar-refractivity contribution >= 4 is 35.4 Å². The van der Waals surface area contributed by atoms with E-state index in [4.69, 9.17) is 23.2 Å². The molecule has 86 valence electrons. The fourth-order valence-electron chi connectivity index (χ4n) is 1.16. The molecule has 1 rings (SSSR count). The molecule has 0 aliphatic carbocycles. The highest BCUT2D eigenvalue weighted by Crippen LogP contribution is 2.12. The Kier molecular flexibility index (Phi) is 5.22. The molecular weight excluding hydrogens is 251 g/mol. The van der Waals surface area contributed by atoms with Crippen LogP contribution in [0, 0.1) is 0 Å². The van der Waals surface area contributed by atoms with E-state index in [9.17, 15) is 9.59 Å². The zero-order valence-electron chi connectivity index (χ0n) is 8.37. The molecule has 1 N–H and O–H groups in total. The first-order valence-electron chi connectivity index (χ1n) is 4.55. The first-order valence-corrected chi connectivity index (χ1v) is 5.62. The minimum Gasteiger partial charge on any atom is -0.345 e. The summed E-state index contributed by atoms with van der Waals surface area (Å²) < 4.78 is 0. The van der Waals surface area contributed by atoms with Crippen molar-refractivity contribution in [2.75, 3.05) is 6.54 Å². The summed E-state index contributed by atoms with van der Waals surface area (Å²) in [6.07, 6.45) is 0.610. The lowest BCUT2D eigenvalue weighted by Crippen LogP contribution is -2.26. The highest BCUT2D eigenvalue weighted by Gasteiger charge is 2.12. The molecule has 0 atom stereocenters. The number of nitrogens with zero attached hydrogens (tertiary/aromatic N) is 1. The second kappa shape index (κ2) is 6.45. The molecule has 0 aliphatic heterocycles. The van der Waals surface area contributed by atoms with Gasteiger partial charge in [0.25, 0.3) is 5.91 Å². The maximum absolute atomic E-state index is 11.6. The van der Waals surface area contributed by atoms with Gasteiger partial charge in [0, 0.05) is 0 Å². The monoisotopic (exact) mass is 260 g/mol. The number of alkyl halides is 2. The van der Waals surface area contributed by atoms with Gasteiger partial charge in [-0.3, -0.25) is 9.78 Å². The maximum atomic E-state index is 11.6. The lowest BCUT2D eigenvalue weighted by Gasteiger charge is -2.07. The van der Waals surface area contributed by atoms with Gasteiger partial charge in [0.05, 0.1) is 35.3 Å². The highest BCUT2D eigenvalue weighted by atomic mass is 35.5. The van der Waals surface area contributed by atoms with Gasteiger partial charge in [-0.2, -0.15) is 0 Å². The molecule has 4 nitrogen and oxygen atoms in total. The number of halogens is 2. The minimum atomic E-state index is -0.364. The van der Waals surface area contributed by atoms with E-state index >= 15 is 0 Å². The number of aldehydes is 1. The molecule has 0 saturated heterocycles. The van der Waals surface area contributed by atoms with Gasteiger partial charge in [-0.05, 0) is 12.1 Å². The number of hydrogen-bond acceptors (Lipinski definition) is 3. The van der Waals surface area contributed by atoms with Crippen LogP contribution in [0.25, 0.3) is 0 Å². The van der Waals surface area contributed by atoms with Gasteiger partial charge in [0.15, 0.2) is 0 Å². The number of aromatic nitrogens is 1. The number of pyridine rings is 1.